The van der Waals surface area contributed by atoms with Crippen molar-refractivity contribution >= 4 is 16.9 Å². The minimum atomic E-state index is -0.736. The molecular formula is C30H35NO5. The zero-order chi connectivity index (χ0) is 25.6. The Morgan fingerprint density at radius 2 is 1.81 bits per heavy atom. The van der Waals surface area contributed by atoms with Crippen LogP contribution in [0.25, 0.3) is 11.0 Å². The molecule has 0 bridgehead atoms. The van der Waals surface area contributed by atoms with E-state index in [4.69, 9.17) is 9.15 Å². The molecule has 3 aromatic rings. The fraction of sp³-hybridized carbons (Fsp3) is 0.467. The molecule has 1 aliphatic carbocycles. The van der Waals surface area contributed by atoms with Gasteiger partial charge in [0.1, 0.15) is 11.3 Å². The molecule has 1 saturated carbocycles. The van der Waals surface area contributed by atoms with Crippen LogP contribution in [0.4, 0.5) is 0 Å². The fourth-order valence-electron chi connectivity index (χ4n) is 6.22. The quantitative estimate of drug-likeness (QED) is 0.498. The molecule has 0 unspecified atom stereocenters. The van der Waals surface area contributed by atoms with E-state index >= 15 is 0 Å². The van der Waals surface area contributed by atoms with Crippen molar-refractivity contribution in [2.75, 3.05) is 6.54 Å². The van der Waals surface area contributed by atoms with Crippen molar-refractivity contribution in [1.82, 2.24) is 4.90 Å². The van der Waals surface area contributed by atoms with Gasteiger partial charge < -0.3 is 19.2 Å². The molecule has 2 aliphatic rings. The Bertz CT molecular complexity index is 1350. The topological polar surface area (TPSA) is 80.0 Å². The molecule has 0 spiro atoms. The van der Waals surface area contributed by atoms with Gasteiger partial charge in [-0.1, -0.05) is 43.2 Å². The van der Waals surface area contributed by atoms with Gasteiger partial charge >= 0.3 is 5.63 Å². The highest BCUT2D eigenvalue weighted by Gasteiger charge is 2.50. The summed E-state index contributed by atoms with van der Waals surface area (Å²) in [5.74, 6) is 0.427. The van der Waals surface area contributed by atoms with E-state index in [0.29, 0.717) is 35.4 Å². The van der Waals surface area contributed by atoms with Crippen LogP contribution in [0.2, 0.25) is 0 Å². The molecule has 2 fully saturated rings. The predicted octanol–water partition coefficient (Wildman–Crippen LogP) is 5.38. The van der Waals surface area contributed by atoms with Gasteiger partial charge in [0.25, 0.3) is 5.91 Å². The molecule has 1 saturated heterocycles. The van der Waals surface area contributed by atoms with Crippen LogP contribution >= 0.6 is 0 Å². The van der Waals surface area contributed by atoms with Gasteiger partial charge in [0.05, 0.1) is 11.6 Å². The average molecular weight is 490 g/mol. The van der Waals surface area contributed by atoms with Crippen molar-refractivity contribution in [3.05, 3.63) is 75.1 Å². The molecule has 1 N–H and O–H groups in total. The van der Waals surface area contributed by atoms with Gasteiger partial charge in [0, 0.05) is 29.0 Å². The Labute approximate surface area is 211 Å². The molecule has 0 radical (unpaired) electrons. The summed E-state index contributed by atoms with van der Waals surface area (Å²) in [5, 5.41) is 12.4. The fourth-order valence-corrected chi connectivity index (χ4v) is 6.22. The maximum atomic E-state index is 13.8. The molecule has 1 amide bonds. The Morgan fingerprint density at radius 3 is 2.56 bits per heavy atom. The summed E-state index contributed by atoms with van der Waals surface area (Å²) >= 11 is 0. The summed E-state index contributed by atoms with van der Waals surface area (Å²) in [5.41, 5.74) is 2.64. The number of ether oxygens (including phenoxy) is 1. The van der Waals surface area contributed by atoms with E-state index in [1.54, 1.807) is 13.8 Å². The number of hydrogen-bond donors (Lipinski definition) is 1. The summed E-state index contributed by atoms with van der Waals surface area (Å²) in [4.78, 5) is 28.0. The predicted molar refractivity (Wildman–Crippen MR) is 139 cm³/mol. The van der Waals surface area contributed by atoms with Crippen molar-refractivity contribution in [2.45, 2.75) is 77.5 Å². The second-order valence-corrected chi connectivity index (χ2v) is 10.6. The third kappa shape index (κ3) is 4.11. The van der Waals surface area contributed by atoms with Crippen LogP contribution in [0, 0.1) is 26.7 Å². The summed E-state index contributed by atoms with van der Waals surface area (Å²) in [6.45, 7) is 7.78. The maximum absolute atomic E-state index is 13.8. The first-order valence-electron chi connectivity index (χ1n) is 13.0. The van der Waals surface area contributed by atoms with E-state index in [9.17, 15) is 14.7 Å². The first-order chi connectivity index (χ1) is 17.2. The third-order valence-corrected chi connectivity index (χ3v) is 8.47. The number of hydrogen-bond acceptors (Lipinski definition) is 5. The number of aryl methyl sites for hydroxylation is 2. The summed E-state index contributed by atoms with van der Waals surface area (Å²) in [6.07, 6.45) is 3.62. The number of amides is 1. The molecule has 6 heteroatoms. The van der Waals surface area contributed by atoms with E-state index in [1.807, 2.05) is 49.1 Å². The lowest BCUT2D eigenvalue weighted by Gasteiger charge is -2.53. The van der Waals surface area contributed by atoms with Crippen LogP contribution in [0.5, 0.6) is 5.75 Å². The summed E-state index contributed by atoms with van der Waals surface area (Å²) in [6, 6.07) is 13.6. The van der Waals surface area contributed by atoms with Gasteiger partial charge in [-0.25, -0.2) is 4.79 Å². The highest BCUT2D eigenvalue weighted by molar-refractivity contribution is 5.86. The number of rotatable bonds is 4. The SMILES string of the molecule is Cc1c(C)c2ccc(O[C@H](C)C(=O)N3CC[C@@]4(O)CCCC[C@H]4[C@@H]3c3ccccc3)c(C)c2oc1=O. The lowest BCUT2D eigenvalue weighted by molar-refractivity contribution is -0.161. The molecule has 36 heavy (non-hydrogen) atoms. The Morgan fingerprint density at radius 1 is 1.06 bits per heavy atom. The standard InChI is InChI=1S/C30H35NO5/c1-18-19(2)29(33)36-27-20(3)25(14-13-23(18)27)35-21(4)28(32)31-17-16-30(34)15-9-8-12-24(30)26(31)22-10-6-5-7-11-22/h5-7,10-11,13-14,21,24,26,34H,8-9,12,15-17H2,1-4H3/t21-,24+,26+,30+/m1/s1. The monoisotopic (exact) mass is 489 g/mol. The zero-order valence-corrected chi connectivity index (χ0v) is 21.5. The van der Waals surface area contributed by atoms with Crippen molar-refractivity contribution in [3.63, 3.8) is 0 Å². The number of likely N-dealkylation sites (tertiary alicyclic amines) is 1. The van der Waals surface area contributed by atoms with Gasteiger partial charge in [0.15, 0.2) is 6.10 Å². The average Bonchev–Trinajstić information content (AvgIpc) is 2.88. The number of nitrogens with zero attached hydrogens (tertiary/aromatic N) is 1. The number of piperidine rings is 1. The largest absolute Gasteiger partial charge is 0.480 e. The molecule has 1 aromatic heterocycles. The van der Waals surface area contributed by atoms with Crippen LogP contribution in [-0.4, -0.2) is 34.2 Å². The third-order valence-electron chi connectivity index (χ3n) is 8.47. The molecule has 6 nitrogen and oxygen atoms in total. The Balaban J connectivity index is 1.45. The second-order valence-electron chi connectivity index (χ2n) is 10.6. The van der Waals surface area contributed by atoms with Crippen molar-refractivity contribution < 1.29 is 19.1 Å². The highest BCUT2D eigenvalue weighted by atomic mass is 16.5. The Kier molecular flexibility index (Phi) is 6.41. The highest BCUT2D eigenvalue weighted by Crippen LogP contribution is 2.49. The van der Waals surface area contributed by atoms with Crippen LogP contribution in [0.1, 0.15) is 67.3 Å². The van der Waals surface area contributed by atoms with Crippen LogP contribution in [-0.2, 0) is 4.79 Å². The van der Waals surface area contributed by atoms with Crippen molar-refractivity contribution in [2.24, 2.45) is 5.92 Å². The molecule has 2 aromatic carbocycles. The minimum Gasteiger partial charge on any atom is -0.480 e. The number of aliphatic hydroxyl groups is 1. The Hall–Kier alpha value is -3.12. The van der Waals surface area contributed by atoms with Crippen LogP contribution in [0.15, 0.2) is 51.7 Å². The van der Waals surface area contributed by atoms with Crippen molar-refractivity contribution in [1.29, 1.82) is 0 Å². The summed E-state index contributed by atoms with van der Waals surface area (Å²) in [7, 11) is 0. The van der Waals surface area contributed by atoms with Crippen LogP contribution < -0.4 is 10.4 Å². The normalized spacial score (nSPS) is 24.9. The molecule has 5 rings (SSSR count). The molecular weight excluding hydrogens is 454 g/mol. The second kappa shape index (κ2) is 9.40. The molecule has 4 atom stereocenters. The maximum Gasteiger partial charge on any atom is 0.339 e. The molecule has 2 heterocycles. The van der Waals surface area contributed by atoms with Crippen LogP contribution in [0.3, 0.4) is 0 Å². The molecule has 1 aliphatic heterocycles. The first kappa shape index (κ1) is 24.6. The smallest absolute Gasteiger partial charge is 0.339 e. The lowest BCUT2D eigenvalue weighted by atomic mass is 9.66. The lowest BCUT2D eigenvalue weighted by Crippen LogP contribution is -2.58. The van der Waals surface area contributed by atoms with Gasteiger partial charge in [0.2, 0.25) is 0 Å². The zero-order valence-electron chi connectivity index (χ0n) is 21.5. The van der Waals surface area contributed by atoms with E-state index in [1.165, 1.54) is 0 Å². The number of fused-ring (bicyclic) bond motifs is 2. The van der Waals surface area contributed by atoms with Crippen molar-refractivity contribution in [3.8, 4) is 5.75 Å². The van der Waals surface area contributed by atoms with E-state index in [-0.39, 0.29) is 23.5 Å². The summed E-state index contributed by atoms with van der Waals surface area (Å²) < 4.78 is 11.8. The first-order valence-corrected chi connectivity index (χ1v) is 13.0. The van der Waals surface area contributed by atoms with E-state index in [0.717, 1.165) is 42.2 Å². The minimum absolute atomic E-state index is 0.00134. The van der Waals surface area contributed by atoms with Gasteiger partial charge in [-0.05, 0) is 70.2 Å². The van der Waals surface area contributed by atoms with Gasteiger partial charge in [-0.15, -0.1) is 0 Å². The van der Waals surface area contributed by atoms with E-state index < -0.39 is 11.7 Å². The number of carbonyl (C=O) groups is 1. The number of carbonyl (C=O) groups excluding carboxylic acids is 1. The molecule has 190 valence electrons. The number of benzene rings is 2. The van der Waals surface area contributed by atoms with E-state index in [2.05, 4.69) is 12.1 Å². The van der Waals surface area contributed by atoms with Gasteiger partial charge in [-0.3, -0.25) is 4.79 Å². The van der Waals surface area contributed by atoms with Gasteiger partial charge in [-0.2, -0.15) is 0 Å².